The van der Waals surface area contributed by atoms with Gasteiger partial charge in [0.15, 0.2) is 0 Å². The fourth-order valence-corrected chi connectivity index (χ4v) is 6.15. The summed E-state index contributed by atoms with van der Waals surface area (Å²) in [5.41, 5.74) is 2.12. The normalized spacial score (nSPS) is 12.5. The number of nitrogens with zero attached hydrogens (tertiary/aromatic N) is 2. The Morgan fingerprint density at radius 1 is 1.03 bits per heavy atom. The van der Waals surface area contributed by atoms with Crippen LogP contribution in [0.5, 0.6) is 5.75 Å². The van der Waals surface area contributed by atoms with Gasteiger partial charge in [-0.15, -0.1) is 11.3 Å². The van der Waals surface area contributed by atoms with Crippen LogP contribution in [0.2, 0.25) is 0 Å². The summed E-state index contributed by atoms with van der Waals surface area (Å²) in [6, 6.07) is 17.7. The van der Waals surface area contributed by atoms with E-state index in [2.05, 4.69) is 0 Å². The largest absolute Gasteiger partial charge is 0.497 e. The Labute approximate surface area is 206 Å². The van der Waals surface area contributed by atoms with Crippen molar-refractivity contribution in [3.63, 3.8) is 0 Å². The molecule has 0 spiro atoms. The van der Waals surface area contributed by atoms with Crippen LogP contribution < -0.4 is 4.74 Å². The van der Waals surface area contributed by atoms with E-state index in [1.807, 2.05) is 62.5 Å². The van der Waals surface area contributed by atoms with Gasteiger partial charge in [0.2, 0.25) is 15.9 Å². The van der Waals surface area contributed by atoms with Crippen molar-refractivity contribution in [2.75, 3.05) is 13.7 Å². The maximum absolute atomic E-state index is 13.6. The highest BCUT2D eigenvalue weighted by Gasteiger charge is 2.32. The van der Waals surface area contributed by atoms with Crippen LogP contribution in [0.15, 0.2) is 70.9 Å². The van der Waals surface area contributed by atoms with Crippen molar-refractivity contribution in [2.24, 2.45) is 0 Å². The zero-order valence-electron chi connectivity index (χ0n) is 20.1. The molecule has 0 N–H and O–H groups in total. The number of ether oxygens (including phenoxy) is 1. The van der Waals surface area contributed by atoms with Crippen LogP contribution in [0.3, 0.4) is 0 Å². The first kappa shape index (κ1) is 25.9. The van der Waals surface area contributed by atoms with E-state index < -0.39 is 10.0 Å². The number of carbonyl (C=O) groups excluding carboxylic acids is 1. The average Bonchev–Trinajstić information content (AvgIpc) is 3.26. The molecule has 0 aliphatic carbocycles. The molecule has 0 fully saturated rings. The number of rotatable bonds is 11. The summed E-state index contributed by atoms with van der Waals surface area (Å²) >= 11 is 1.60. The standard InChI is InChI=1S/C26H32N2O4S2/c1-5-21(3)28(34(30,31)24-13-11-23(32-4)12-14-24)19-26(29)27(17-22-9-7-6-8-10-22)18-25-20(2)15-16-33-25/h6-16,21H,5,17-19H2,1-4H3. The Kier molecular flexibility index (Phi) is 8.88. The van der Waals surface area contributed by atoms with Gasteiger partial charge in [0, 0.05) is 17.5 Å². The molecule has 6 nitrogen and oxygen atoms in total. The van der Waals surface area contributed by atoms with Crippen molar-refractivity contribution in [1.82, 2.24) is 9.21 Å². The van der Waals surface area contributed by atoms with Gasteiger partial charge in [0.1, 0.15) is 5.75 Å². The molecule has 182 valence electrons. The van der Waals surface area contributed by atoms with Crippen LogP contribution in [-0.4, -0.2) is 43.2 Å². The third-order valence-electron chi connectivity index (χ3n) is 5.91. The minimum atomic E-state index is -3.88. The van der Waals surface area contributed by atoms with Crippen molar-refractivity contribution < 1.29 is 17.9 Å². The minimum Gasteiger partial charge on any atom is -0.497 e. The molecule has 1 unspecified atom stereocenters. The highest BCUT2D eigenvalue weighted by Crippen LogP contribution is 2.24. The molecule has 0 radical (unpaired) electrons. The molecule has 1 aromatic heterocycles. The van der Waals surface area contributed by atoms with Crippen LogP contribution in [0.4, 0.5) is 0 Å². The van der Waals surface area contributed by atoms with Crippen LogP contribution in [0.25, 0.3) is 0 Å². The molecule has 0 aliphatic rings. The van der Waals surface area contributed by atoms with Gasteiger partial charge >= 0.3 is 0 Å². The first-order chi connectivity index (χ1) is 16.3. The number of carbonyl (C=O) groups is 1. The SMILES string of the molecule is CCC(C)N(CC(=O)N(Cc1ccccc1)Cc1sccc1C)S(=O)(=O)c1ccc(OC)cc1. The van der Waals surface area contributed by atoms with Crippen molar-refractivity contribution in [1.29, 1.82) is 0 Å². The summed E-state index contributed by atoms with van der Waals surface area (Å²) in [5.74, 6) is 0.347. The van der Waals surface area contributed by atoms with Crippen LogP contribution in [-0.2, 0) is 27.9 Å². The number of thiophene rings is 1. The van der Waals surface area contributed by atoms with Gasteiger partial charge in [-0.1, -0.05) is 37.3 Å². The van der Waals surface area contributed by atoms with E-state index in [0.717, 1.165) is 16.0 Å². The number of methoxy groups -OCH3 is 1. The van der Waals surface area contributed by atoms with Crippen molar-refractivity contribution in [3.8, 4) is 5.75 Å². The molecule has 0 saturated heterocycles. The maximum Gasteiger partial charge on any atom is 0.243 e. The molecule has 1 amide bonds. The molecule has 2 aromatic carbocycles. The first-order valence-corrected chi connectivity index (χ1v) is 13.6. The second kappa shape index (κ2) is 11.6. The van der Waals surface area contributed by atoms with Crippen LogP contribution in [0.1, 0.15) is 36.3 Å². The molecule has 3 aromatic rings. The summed E-state index contributed by atoms with van der Waals surface area (Å²) in [6.07, 6.45) is 0.589. The van der Waals surface area contributed by atoms with Crippen molar-refractivity contribution >= 4 is 27.3 Å². The molecule has 34 heavy (non-hydrogen) atoms. The third kappa shape index (κ3) is 6.25. The summed E-state index contributed by atoms with van der Waals surface area (Å²) < 4.78 is 33.5. The molecule has 8 heteroatoms. The average molecular weight is 501 g/mol. The molecule has 0 saturated carbocycles. The van der Waals surface area contributed by atoms with E-state index in [0.29, 0.717) is 25.3 Å². The second-order valence-corrected chi connectivity index (χ2v) is 11.1. The zero-order valence-corrected chi connectivity index (χ0v) is 21.7. The lowest BCUT2D eigenvalue weighted by Gasteiger charge is -2.30. The lowest BCUT2D eigenvalue weighted by molar-refractivity contribution is -0.133. The summed E-state index contributed by atoms with van der Waals surface area (Å²) in [5, 5.41) is 2.01. The fourth-order valence-electron chi connectivity index (χ4n) is 3.57. The van der Waals surface area contributed by atoms with Gasteiger partial charge in [0.25, 0.3) is 0 Å². The summed E-state index contributed by atoms with van der Waals surface area (Å²) in [4.78, 5) is 16.6. The quantitative estimate of drug-likeness (QED) is 0.368. The van der Waals surface area contributed by atoms with E-state index in [4.69, 9.17) is 4.74 Å². The van der Waals surface area contributed by atoms with Gasteiger partial charge < -0.3 is 9.64 Å². The fraction of sp³-hybridized carbons (Fsp3) is 0.346. The molecule has 3 rings (SSSR count). The van der Waals surface area contributed by atoms with Gasteiger partial charge in [-0.05, 0) is 67.1 Å². The Morgan fingerprint density at radius 3 is 2.26 bits per heavy atom. The highest BCUT2D eigenvalue weighted by molar-refractivity contribution is 7.89. The van der Waals surface area contributed by atoms with E-state index in [1.54, 1.807) is 28.4 Å². The lowest BCUT2D eigenvalue weighted by Crippen LogP contribution is -2.46. The van der Waals surface area contributed by atoms with Crippen LogP contribution in [0, 0.1) is 6.92 Å². The van der Waals surface area contributed by atoms with Gasteiger partial charge in [-0.3, -0.25) is 4.79 Å². The Morgan fingerprint density at radius 2 is 1.71 bits per heavy atom. The van der Waals surface area contributed by atoms with E-state index in [1.165, 1.54) is 23.5 Å². The molecule has 0 bridgehead atoms. The van der Waals surface area contributed by atoms with Gasteiger partial charge in [-0.25, -0.2) is 8.42 Å². The number of aryl methyl sites for hydroxylation is 1. The minimum absolute atomic E-state index is 0.144. The smallest absolute Gasteiger partial charge is 0.243 e. The van der Waals surface area contributed by atoms with Gasteiger partial charge in [-0.2, -0.15) is 4.31 Å². The molecule has 1 atom stereocenters. The van der Waals surface area contributed by atoms with E-state index in [9.17, 15) is 13.2 Å². The lowest BCUT2D eigenvalue weighted by atomic mass is 10.2. The number of amides is 1. The number of sulfonamides is 1. The van der Waals surface area contributed by atoms with Crippen molar-refractivity contribution in [2.45, 2.75) is 51.2 Å². The van der Waals surface area contributed by atoms with Gasteiger partial charge in [0.05, 0.1) is 25.1 Å². The van der Waals surface area contributed by atoms with E-state index in [-0.39, 0.29) is 23.4 Å². The predicted molar refractivity (Wildman–Crippen MR) is 136 cm³/mol. The molecular formula is C26H32N2O4S2. The summed E-state index contributed by atoms with van der Waals surface area (Å²) in [7, 11) is -2.34. The topological polar surface area (TPSA) is 66.9 Å². The van der Waals surface area contributed by atoms with E-state index >= 15 is 0 Å². The van der Waals surface area contributed by atoms with Crippen molar-refractivity contribution in [3.05, 3.63) is 82.0 Å². The van der Waals surface area contributed by atoms with Crippen LogP contribution >= 0.6 is 11.3 Å². The monoisotopic (exact) mass is 500 g/mol. The Balaban J connectivity index is 1.90. The predicted octanol–water partition coefficient (Wildman–Crippen LogP) is 5.08. The number of benzene rings is 2. The highest BCUT2D eigenvalue weighted by atomic mass is 32.2. The number of hydrogen-bond acceptors (Lipinski definition) is 5. The third-order valence-corrected chi connectivity index (χ3v) is 8.89. The zero-order chi connectivity index (χ0) is 24.7. The second-order valence-electron chi connectivity index (χ2n) is 8.25. The molecular weight excluding hydrogens is 468 g/mol. The number of hydrogen-bond donors (Lipinski definition) is 0. The molecule has 1 heterocycles. The maximum atomic E-state index is 13.6. The Bertz CT molecular complexity index is 1180. The summed E-state index contributed by atoms with van der Waals surface area (Å²) in [6.45, 7) is 6.40. The molecule has 0 aliphatic heterocycles. The first-order valence-electron chi connectivity index (χ1n) is 11.3. The Hall–Kier alpha value is -2.68.